The molecule has 2 saturated carbocycles. The van der Waals surface area contributed by atoms with Gasteiger partial charge in [-0.2, -0.15) is 0 Å². The third-order valence-electron chi connectivity index (χ3n) is 3.94. The minimum Gasteiger partial charge on any atom is -0.383 e. The fourth-order valence-corrected chi connectivity index (χ4v) is 2.60. The van der Waals surface area contributed by atoms with Gasteiger partial charge in [0, 0.05) is 32.3 Å². The molecule has 3 nitrogen and oxygen atoms in total. The van der Waals surface area contributed by atoms with E-state index in [1.165, 1.54) is 32.2 Å². The second kappa shape index (κ2) is 6.88. The maximum atomic E-state index is 5.44. The first-order valence-electron chi connectivity index (χ1n) is 7.66. The van der Waals surface area contributed by atoms with Crippen molar-refractivity contribution < 1.29 is 4.74 Å². The molecule has 18 heavy (non-hydrogen) atoms. The van der Waals surface area contributed by atoms with Crippen LogP contribution in [0.25, 0.3) is 0 Å². The molecule has 106 valence electrons. The largest absolute Gasteiger partial charge is 0.383 e. The van der Waals surface area contributed by atoms with Crippen molar-refractivity contribution in [3.63, 3.8) is 0 Å². The molecule has 0 saturated heterocycles. The highest BCUT2D eigenvalue weighted by Crippen LogP contribution is 2.35. The summed E-state index contributed by atoms with van der Waals surface area (Å²) < 4.78 is 5.44. The highest BCUT2D eigenvalue weighted by atomic mass is 16.5. The lowest BCUT2D eigenvalue weighted by molar-refractivity contribution is 0.0802. The van der Waals surface area contributed by atoms with Crippen LogP contribution in [0, 0.1) is 11.8 Å². The summed E-state index contributed by atoms with van der Waals surface area (Å²) >= 11 is 0. The smallest absolute Gasteiger partial charge is 0.0630 e. The molecule has 2 fully saturated rings. The van der Waals surface area contributed by atoms with Gasteiger partial charge in [0.25, 0.3) is 0 Å². The van der Waals surface area contributed by atoms with Gasteiger partial charge in [0.2, 0.25) is 0 Å². The summed E-state index contributed by atoms with van der Waals surface area (Å²) in [5.74, 6) is 1.71. The predicted octanol–water partition coefficient (Wildman–Crippen LogP) is 2.12. The zero-order chi connectivity index (χ0) is 13.0. The zero-order valence-corrected chi connectivity index (χ0v) is 12.3. The molecule has 0 bridgehead atoms. The zero-order valence-electron chi connectivity index (χ0n) is 12.3. The van der Waals surface area contributed by atoms with E-state index in [1.807, 2.05) is 7.11 Å². The molecule has 0 aliphatic heterocycles. The molecule has 1 unspecified atom stereocenters. The van der Waals surface area contributed by atoms with Crippen LogP contribution in [-0.2, 0) is 4.74 Å². The van der Waals surface area contributed by atoms with Crippen molar-refractivity contribution in [2.45, 2.75) is 51.6 Å². The van der Waals surface area contributed by atoms with Gasteiger partial charge in [-0.05, 0) is 44.1 Å². The van der Waals surface area contributed by atoms with Crippen LogP contribution in [-0.4, -0.2) is 50.3 Å². The van der Waals surface area contributed by atoms with Crippen LogP contribution in [0.1, 0.15) is 39.5 Å². The first-order valence-corrected chi connectivity index (χ1v) is 7.66. The van der Waals surface area contributed by atoms with Crippen LogP contribution >= 0.6 is 0 Å². The maximum Gasteiger partial charge on any atom is 0.0630 e. The molecule has 3 heteroatoms. The average Bonchev–Trinajstić information content (AvgIpc) is 3.16. The number of hydrogen-bond acceptors (Lipinski definition) is 3. The Morgan fingerprint density at radius 3 is 2.39 bits per heavy atom. The second-order valence-corrected chi connectivity index (χ2v) is 6.53. The first-order chi connectivity index (χ1) is 8.70. The van der Waals surface area contributed by atoms with Crippen LogP contribution in [0.2, 0.25) is 0 Å². The molecule has 0 spiro atoms. The van der Waals surface area contributed by atoms with Crippen molar-refractivity contribution in [1.29, 1.82) is 0 Å². The molecular weight excluding hydrogens is 224 g/mol. The summed E-state index contributed by atoms with van der Waals surface area (Å²) in [4.78, 5) is 2.73. The monoisotopic (exact) mass is 254 g/mol. The van der Waals surface area contributed by atoms with Gasteiger partial charge in [0.05, 0.1) is 6.61 Å². The molecule has 0 heterocycles. The van der Waals surface area contributed by atoms with Crippen LogP contribution in [0.4, 0.5) is 0 Å². The van der Waals surface area contributed by atoms with E-state index in [2.05, 4.69) is 24.1 Å². The first kappa shape index (κ1) is 14.3. The molecule has 0 aromatic heterocycles. The van der Waals surface area contributed by atoms with Gasteiger partial charge in [0.15, 0.2) is 0 Å². The molecule has 0 aromatic carbocycles. The van der Waals surface area contributed by atoms with Crippen molar-refractivity contribution in [3.05, 3.63) is 0 Å². The van der Waals surface area contributed by atoms with Gasteiger partial charge < -0.3 is 10.1 Å². The number of rotatable bonds is 10. The number of nitrogens with one attached hydrogen (secondary N) is 1. The lowest BCUT2D eigenvalue weighted by Crippen LogP contribution is -2.47. The standard InChI is InChI=1S/C15H30N2O/c1-12(2)8-16-9-15(11-18-3)17(14-6-7-14)10-13-4-5-13/h12-16H,4-11H2,1-3H3. The van der Waals surface area contributed by atoms with E-state index < -0.39 is 0 Å². The Bertz CT molecular complexity index is 237. The van der Waals surface area contributed by atoms with E-state index in [0.717, 1.165) is 37.6 Å². The van der Waals surface area contributed by atoms with Gasteiger partial charge in [0.1, 0.15) is 0 Å². The van der Waals surface area contributed by atoms with Crippen molar-refractivity contribution in [3.8, 4) is 0 Å². The highest BCUT2D eigenvalue weighted by molar-refractivity contribution is 4.92. The molecule has 1 atom stereocenters. The Balaban J connectivity index is 1.79. The van der Waals surface area contributed by atoms with Gasteiger partial charge >= 0.3 is 0 Å². The quantitative estimate of drug-likeness (QED) is 0.646. The molecule has 0 radical (unpaired) electrons. The summed E-state index contributed by atoms with van der Waals surface area (Å²) in [6.45, 7) is 8.90. The number of ether oxygens (including phenoxy) is 1. The highest BCUT2D eigenvalue weighted by Gasteiger charge is 2.37. The summed E-state index contributed by atoms with van der Waals surface area (Å²) in [5.41, 5.74) is 0. The average molecular weight is 254 g/mol. The topological polar surface area (TPSA) is 24.5 Å². The lowest BCUT2D eigenvalue weighted by atomic mass is 10.2. The normalized spacial score (nSPS) is 21.8. The van der Waals surface area contributed by atoms with E-state index in [-0.39, 0.29) is 0 Å². The molecular formula is C15H30N2O. The molecule has 0 amide bonds. The SMILES string of the molecule is COCC(CNCC(C)C)N(CC1CC1)C1CC1. The number of nitrogens with zero attached hydrogens (tertiary/aromatic N) is 1. The van der Waals surface area contributed by atoms with E-state index >= 15 is 0 Å². The van der Waals surface area contributed by atoms with Crippen molar-refractivity contribution in [1.82, 2.24) is 10.2 Å². The molecule has 0 aromatic rings. The van der Waals surface area contributed by atoms with Crippen molar-refractivity contribution >= 4 is 0 Å². The molecule has 1 N–H and O–H groups in total. The van der Waals surface area contributed by atoms with Gasteiger partial charge in [-0.3, -0.25) is 4.90 Å². The molecule has 2 aliphatic carbocycles. The third kappa shape index (κ3) is 4.87. The number of hydrogen-bond donors (Lipinski definition) is 1. The van der Waals surface area contributed by atoms with E-state index in [4.69, 9.17) is 4.74 Å². The Hall–Kier alpha value is -0.120. The van der Waals surface area contributed by atoms with Gasteiger partial charge in [-0.1, -0.05) is 13.8 Å². The fourth-order valence-electron chi connectivity index (χ4n) is 2.60. The predicted molar refractivity (Wildman–Crippen MR) is 75.8 cm³/mol. The van der Waals surface area contributed by atoms with Gasteiger partial charge in [-0.25, -0.2) is 0 Å². The van der Waals surface area contributed by atoms with Crippen LogP contribution in [0.15, 0.2) is 0 Å². The molecule has 2 rings (SSSR count). The molecule has 2 aliphatic rings. The number of methoxy groups -OCH3 is 1. The Kier molecular flexibility index (Phi) is 5.46. The fraction of sp³-hybridized carbons (Fsp3) is 1.00. The maximum absolute atomic E-state index is 5.44. The minimum atomic E-state index is 0.571. The second-order valence-electron chi connectivity index (χ2n) is 6.53. The van der Waals surface area contributed by atoms with Crippen LogP contribution < -0.4 is 5.32 Å². The Morgan fingerprint density at radius 1 is 1.17 bits per heavy atom. The van der Waals surface area contributed by atoms with Crippen molar-refractivity contribution in [2.75, 3.05) is 33.4 Å². The van der Waals surface area contributed by atoms with E-state index in [9.17, 15) is 0 Å². The Morgan fingerprint density at radius 2 is 1.89 bits per heavy atom. The summed E-state index contributed by atoms with van der Waals surface area (Å²) in [6, 6.07) is 1.42. The summed E-state index contributed by atoms with van der Waals surface area (Å²) in [5, 5.41) is 3.60. The minimum absolute atomic E-state index is 0.571. The van der Waals surface area contributed by atoms with Crippen LogP contribution in [0.3, 0.4) is 0 Å². The van der Waals surface area contributed by atoms with Crippen LogP contribution in [0.5, 0.6) is 0 Å². The van der Waals surface area contributed by atoms with Crippen molar-refractivity contribution in [2.24, 2.45) is 11.8 Å². The summed E-state index contributed by atoms with van der Waals surface area (Å²) in [6.07, 6.45) is 5.69. The lowest BCUT2D eigenvalue weighted by Gasteiger charge is -2.32. The van der Waals surface area contributed by atoms with E-state index in [1.54, 1.807) is 0 Å². The summed E-state index contributed by atoms with van der Waals surface area (Å²) in [7, 11) is 1.83. The third-order valence-corrected chi connectivity index (χ3v) is 3.94. The van der Waals surface area contributed by atoms with Gasteiger partial charge in [-0.15, -0.1) is 0 Å². The van der Waals surface area contributed by atoms with E-state index in [0.29, 0.717) is 6.04 Å². The Labute approximate surface area is 112 Å².